The number of aromatic hydroxyl groups is 1. The summed E-state index contributed by atoms with van der Waals surface area (Å²) in [4.78, 5) is 16.9. The molecule has 8 heteroatoms. The van der Waals surface area contributed by atoms with E-state index >= 15 is 0 Å². The van der Waals surface area contributed by atoms with Crippen LogP contribution in [0.4, 0.5) is 0 Å². The summed E-state index contributed by atoms with van der Waals surface area (Å²) in [6, 6.07) is 22.3. The number of imidazole rings is 1. The number of hydrogen-bond acceptors (Lipinski definition) is 5. The number of thioether (sulfide) groups is 1. The number of fused-ring (bicyclic) bond motifs is 1. The van der Waals surface area contributed by atoms with Crippen LogP contribution in [0.15, 0.2) is 83.1 Å². The van der Waals surface area contributed by atoms with Crippen molar-refractivity contribution < 1.29 is 9.90 Å². The predicted molar refractivity (Wildman–Crippen MR) is 125 cm³/mol. The summed E-state index contributed by atoms with van der Waals surface area (Å²) >= 11 is 7.34. The highest BCUT2D eigenvalue weighted by Gasteiger charge is 2.13. The van der Waals surface area contributed by atoms with E-state index in [0.29, 0.717) is 17.1 Å². The highest BCUT2D eigenvalue weighted by Crippen LogP contribution is 2.25. The molecule has 2 N–H and O–H groups in total. The molecule has 1 heterocycles. The Hall–Kier alpha value is -3.29. The van der Waals surface area contributed by atoms with Crippen molar-refractivity contribution in [2.45, 2.75) is 11.7 Å². The minimum Gasteiger partial charge on any atom is -0.507 e. The number of nitrogens with one attached hydrogen (secondary N) is 1. The van der Waals surface area contributed by atoms with Gasteiger partial charge in [0.1, 0.15) is 5.75 Å². The smallest absolute Gasteiger partial charge is 0.250 e. The molecule has 0 aliphatic heterocycles. The van der Waals surface area contributed by atoms with Gasteiger partial charge < -0.3 is 9.67 Å². The number of carbonyl (C=O) groups excluding carboxylic acids is 1. The van der Waals surface area contributed by atoms with E-state index in [9.17, 15) is 9.90 Å². The van der Waals surface area contributed by atoms with Gasteiger partial charge in [0.2, 0.25) is 0 Å². The van der Waals surface area contributed by atoms with Gasteiger partial charge in [-0.3, -0.25) is 4.79 Å². The molecule has 4 rings (SSSR count). The van der Waals surface area contributed by atoms with Crippen LogP contribution in [0, 0.1) is 0 Å². The zero-order chi connectivity index (χ0) is 21.6. The van der Waals surface area contributed by atoms with Gasteiger partial charge >= 0.3 is 0 Å². The third-order valence-corrected chi connectivity index (χ3v) is 5.76. The monoisotopic (exact) mass is 450 g/mol. The molecule has 0 radical (unpaired) electrons. The zero-order valence-corrected chi connectivity index (χ0v) is 18.0. The number of hydrazone groups is 1. The van der Waals surface area contributed by atoms with Crippen molar-refractivity contribution in [3.8, 4) is 5.75 Å². The highest BCUT2D eigenvalue weighted by molar-refractivity contribution is 7.99. The summed E-state index contributed by atoms with van der Waals surface area (Å²) < 4.78 is 2.09. The van der Waals surface area contributed by atoms with E-state index in [1.165, 1.54) is 18.0 Å². The second-order valence-electron chi connectivity index (χ2n) is 6.74. The molecule has 0 unspecified atom stereocenters. The molecule has 156 valence electrons. The van der Waals surface area contributed by atoms with Crippen LogP contribution in [0.2, 0.25) is 5.02 Å². The number of phenols is 1. The van der Waals surface area contributed by atoms with Gasteiger partial charge in [0.15, 0.2) is 5.16 Å². The van der Waals surface area contributed by atoms with Gasteiger partial charge in [0.05, 0.1) is 29.5 Å². The molecule has 1 aromatic heterocycles. The third kappa shape index (κ3) is 5.25. The van der Waals surface area contributed by atoms with E-state index in [1.54, 1.807) is 24.3 Å². The second kappa shape index (κ2) is 9.68. The first-order valence-electron chi connectivity index (χ1n) is 9.52. The second-order valence-corrected chi connectivity index (χ2v) is 8.12. The molecule has 0 atom stereocenters. The molecular weight excluding hydrogens is 432 g/mol. The first kappa shape index (κ1) is 21.0. The summed E-state index contributed by atoms with van der Waals surface area (Å²) in [5.41, 5.74) is 5.97. The molecule has 6 nitrogen and oxygen atoms in total. The minimum absolute atomic E-state index is 0.103. The number of carbonyl (C=O) groups is 1. The maximum absolute atomic E-state index is 12.3. The molecular formula is C23H19ClN4O2S. The normalized spacial score (nSPS) is 11.3. The van der Waals surface area contributed by atoms with Crippen molar-refractivity contribution in [2.75, 3.05) is 5.75 Å². The number of halogens is 1. The Morgan fingerprint density at radius 1 is 1.10 bits per heavy atom. The Bertz CT molecular complexity index is 1240. The van der Waals surface area contributed by atoms with Crippen LogP contribution >= 0.6 is 23.4 Å². The molecule has 0 spiro atoms. The number of hydrogen-bond donors (Lipinski definition) is 2. The van der Waals surface area contributed by atoms with E-state index in [1.807, 2.05) is 48.5 Å². The van der Waals surface area contributed by atoms with Crippen LogP contribution in [-0.2, 0) is 11.3 Å². The van der Waals surface area contributed by atoms with Gasteiger partial charge in [-0.25, -0.2) is 10.4 Å². The van der Waals surface area contributed by atoms with Gasteiger partial charge in [-0.05, 0) is 42.0 Å². The highest BCUT2D eigenvalue weighted by atomic mass is 35.5. The maximum Gasteiger partial charge on any atom is 0.250 e. The van der Waals surface area contributed by atoms with Crippen molar-refractivity contribution >= 4 is 46.5 Å². The maximum atomic E-state index is 12.3. The van der Waals surface area contributed by atoms with E-state index in [2.05, 4.69) is 20.1 Å². The van der Waals surface area contributed by atoms with Crippen LogP contribution in [0.5, 0.6) is 5.75 Å². The number of para-hydroxylation sites is 3. The predicted octanol–water partition coefficient (Wildman–Crippen LogP) is 4.69. The minimum atomic E-state index is -0.262. The summed E-state index contributed by atoms with van der Waals surface area (Å²) in [6.07, 6.45) is 1.41. The zero-order valence-electron chi connectivity index (χ0n) is 16.4. The van der Waals surface area contributed by atoms with Gasteiger partial charge in [0.25, 0.3) is 5.91 Å². The topological polar surface area (TPSA) is 79.5 Å². The van der Waals surface area contributed by atoms with Crippen LogP contribution in [0.1, 0.15) is 11.1 Å². The van der Waals surface area contributed by atoms with E-state index < -0.39 is 0 Å². The van der Waals surface area contributed by atoms with Crippen molar-refractivity contribution in [1.82, 2.24) is 15.0 Å². The van der Waals surface area contributed by atoms with Crippen molar-refractivity contribution in [2.24, 2.45) is 5.10 Å². The summed E-state index contributed by atoms with van der Waals surface area (Å²) in [5, 5.41) is 15.1. The molecule has 3 aromatic carbocycles. The van der Waals surface area contributed by atoms with Crippen LogP contribution < -0.4 is 5.43 Å². The van der Waals surface area contributed by atoms with Crippen molar-refractivity contribution in [1.29, 1.82) is 0 Å². The molecule has 0 saturated carbocycles. The lowest BCUT2D eigenvalue weighted by Gasteiger charge is -2.09. The molecule has 31 heavy (non-hydrogen) atoms. The fourth-order valence-electron chi connectivity index (χ4n) is 3.02. The molecule has 0 bridgehead atoms. The lowest BCUT2D eigenvalue weighted by Crippen LogP contribution is -2.20. The molecule has 0 saturated heterocycles. The first-order valence-corrected chi connectivity index (χ1v) is 10.9. The molecule has 0 fully saturated rings. The SMILES string of the molecule is O=C(CSc1nc2ccccc2n1Cc1ccc(Cl)cc1)N/N=C\c1ccccc1O. The molecule has 0 aliphatic rings. The number of rotatable bonds is 7. The largest absolute Gasteiger partial charge is 0.507 e. The molecule has 4 aromatic rings. The first-order chi connectivity index (χ1) is 15.1. The van der Waals surface area contributed by atoms with E-state index in [4.69, 9.17) is 11.6 Å². The Morgan fingerprint density at radius 3 is 2.65 bits per heavy atom. The Kier molecular flexibility index (Phi) is 6.54. The van der Waals surface area contributed by atoms with Crippen LogP contribution in [0.3, 0.4) is 0 Å². The third-order valence-electron chi connectivity index (χ3n) is 4.54. The Balaban J connectivity index is 1.46. The molecule has 1 amide bonds. The fraction of sp³-hybridized carbons (Fsp3) is 0.0870. The Morgan fingerprint density at radius 2 is 1.84 bits per heavy atom. The lowest BCUT2D eigenvalue weighted by atomic mass is 10.2. The quantitative estimate of drug-likeness (QED) is 0.243. The van der Waals surface area contributed by atoms with Gasteiger partial charge in [-0.1, -0.05) is 59.8 Å². The number of phenolic OH excluding ortho intramolecular Hbond substituents is 1. The Labute approximate surface area is 188 Å². The summed E-state index contributed by atoms with van der Waals surface area (Å²) in [5.74, 6) is -0.00485. The summed E-state index contributed by atoms with van der Waals surface area (Å²) in [6.45, 7) is 0.618. The van der Waals surface area contributed by atoms with Gasteiger partial charge in [-0.2, -0.15) is 5.10 Å². The van der Waals surface area contributed by atoms with Crippen LogP contribution in [-0.4, -0.2) is 32.5 Å². The van der Waals surface area contributed by atoms with Crippen LogP contribution in [0.25, 0.3) is 11.0 Å². The van der Waals surface area contributed by atoms with Crippen molar-refractivity contribution in [3.63, 3.8) is 0 Å². The lowest BCUT2D eigenvalue weighted by molar-refractivity contribution is -0.118. The average Bonchev–Trinajstić information content (AvgIpc) is 3.12. The molecule has 0 aliphatic carbocycles. The summed E-state index contributed by atoms with van der Waals surface area (Å²) in [7, 11) is 0. The number of amides is 1. The fourth-order valence-corrected chi connectivity index (χ4v) is 3.95. The number of benzene rings is 3. The van der Waals surface area contributed by atoms with Gasteiger partial charge in [0, 0.05) is 10.6 Å². The average molecular weight is 451 g/mol. The number of aromatic nitrogens is 2. The van der Waals surface area contributed by atoms with Gasteiger partial charge in [-0.15, -0.1) is 0 Å². The number of nitrogens with zero attached hydrogens (tertiary/aromatic N) is 3. The van der Waals surface area contributed by atoms with E-state index in [-0.39, 0.29) is 17.4 Å². The standard InChI is InChI=1S/C23H19ClN4O2S/c24-18-11-9-16(10-12-18)14-28-20-7-3-2-6-19(20)26-23(28)31-15-22(30)27-25-13-17-5-1-4-8-21(17)29/h1-13,29H,14-15H2,(H,27,30)/b25-13-. The van der Waals surface area contributed by atoms with E-state index in [0.717, 1.165) is 21.8 Å². The van der Waals surface area contributed by atoms with Crippen molar-refractivity contribution in [3.05, 3.63) is 88.9 Å².